The van der Waals surface area contributed by atoms with Crippen LogP contribution in [0.15, 0.2) is 67.3 Å². The van der Waals surface area contributed by atoms with E-state index < -0.39 is 11.6 Å². The molecule has 2 aliphatic carbocycles. The number of aromatic nitrogens is 3. The van der Waals surface area contributed by atoms with Crippen LogP contribution < -0.4 is 5.32 Å². The van der Waals surface area contributed by atoms with Crippen LogP contribution in [0, 0.1) is 11.3 Å². The summed E-state index contributed by atoms with van der Waals surface area (Å²) in [5.74, 6) is 0.822. The first kappa shape index (κ1) is 36.3. The number of nitrogens with zero attached hydrogens (tertiary/aromatic N) is 5. The Morgan fingerprint density at radius 2 is 1.58 bits per heavy atom. The van der Waals surface area contributed by atoms with Crippen molar-refractivity contribution in [3.63, 3.8) is 0 Å². The molecule has 48 heavy (non-hydrogen) atoms. The van der Waals surface area contributed by atoms with Crippen molar-refractivity contribution in [3.05, 3.63) is 83.4 Å². The first-order chi connectivity index (χ1) is 22.9. The summed E-state index contributed by atoms with van der Waals surface area (Å²) in [5, 5.41) is 8.94. The van der Waals surface area contributed by atoms with Crippen molar-refractivity contribution in [2.75, 3.05) is 20.1 Å². The summed E-state index contributed by atoms with van der Waals surface area (Å²) in [4.78, 5) is 37.2. The van der Waals surface area contributed by atoms with Crippen molar-refractivity contribution in [1.82, 2.24) is 29.9 Å². The molecule has 3 aliphatic rings. The van der Waals surface area contributed by atoms with E-state index in [1.54, 1.807) is 6.33 Å². The summed E-state index contributed by atoms with van der Waals surface area (Å²) < 4.78 is 2.00. The quantitative estimate of drug-likeness (QED) is 0.232. The lowest BCUT2D eigenvalue weighted by molar-refractivity contribution is -0.143. The zero-order valence-electron chi connectivity index (χ0n) is 28.4. The Kier molecular flexibility index (Phi) is 12.6. The second kappa shape index (κ2) is 16.6. The lowest BCUT2D eigenvalue weighted by Gasteiger charge is -2.49. The molecule has 1 aliphatic heterocycles. The molecule has 1 saturated heterocycles. The van der Waals surface area contributed by atoms with Crippen LogP contribution in [0.3, 0.4) is 0 Å². The van der Waals surface area contributed by atoms with Gasteiger partial charge in [0.15, 0.2) is 0 Å². The smallest absolute Gasteiger partial charge is 0.242 e. The van der Waals surface area contributed by atoms with Crippen LogP contribution in [0.4, 0.5) is 0 Å². The Hall–Kier alpha value is -2.94. The summed E-state index contributed by atoms with van der Waals surface area (Å²) in [6, 6.07) is 17.4. The fourth-order valence-corrected chi connectivity index (χ4v) is 8.83. The van der Waals surface area contributed by atoms with Gasteiger partial charge in [-0.2, -0.15) is 5.10 Å². The van der Waals surface area contributed by atoms with Gasteiger partial charge in [0.2, 0.25) is 11.8 Å². The minimum Gasteiger partial charge on any atom is -0.341 e. The van der Waals surface area contributed by atoms with Crippen LogP contribution in [0.25, 0.3) is 0 Å². The van der Waals surface area contributed by atoms with Gasteiger partial charge in [0.1, 0.15) is 12.7 Å². The minimum atomic E-state index is -0.775. The topological polar surface area (TPSA) is 83.4 Å². The summed E-state index contributed by atoms with van der Waals surface area (Å²) in [7, 11) is 1.90. The first-order valence-corrected chi connectivity index (χ1v) is 18.2. The van der Waals surface area contributed by atoms with E-state index in [9.17, 15) is 9.59 Å². The third kappa shape index (κ3) is 8.61. The largest absolute Gasteiger partial charge is 0.341 e. The van der Waals surface area contributed by atoms with Crippen LogP contribution >= 0.6 is 24.0 Å². The number of halogens is 2. The predicted octanol–water partition coefficient (Wildman–Crippen LogP) is 7.10. The van der Waals surface area contributed by atoms with Gasteiger partial charge in [0, 0.05) is 38.2 Å². The second-order valence-corrected chi connectivity index (χ2v) is 14.9. The van der Waals surface area contributed by atoms with Gasteiger partial charge < -0.3 is 9.80 Å². The molecule has 0 spiro atoms. The van der Waals surface area contributed by atoms with E-state index in [-0.39, 0.29) is 29.6 Å². The summed E-state index contributed by atoms with van der Waals surface area (Å²) in [5.41, 5.74) is 1.48. The Bertz CT molecular complexity index is 1430. The standard InChI is InChI=1S/C38H51ClN6O2.ClH/c1-43(26-31-11-5-2-6-12-31)36(47)38(19-9-4-10-20-38)42-34(25-30-15-17-33(39)18-16-30)35(46)44-23-21-37(22-24-44,27-45-29-40-28-41-45)32-13-7-3-8-14-32;/h2,5-6,11-12,15-18,28-29,32,34,42H,3-4,7-10,13-14,19-27H2,1H3;1H/t34-;/m1./s1. The van der Waals surface area contributed by atoms with Crippen LogP contribution in [0.2, 0.25) is 5.02 Å². The lowest BCUT2D eigenvalue weighted by Crippen LogP contribution is -2.64. The van der Waals surface area contributed by atoms with Crippen molar-refractivity contribution >= 4 is 35.8 Å². The number of likely N-dealkylation sites (tertiary alicyclic amines) is 1. The molecule has 1 aromatic heterocycles. The number of benzene rings is 2. The van der Waals surface area contributed by atoms with Crippen molar-refractivity contribution in [1.29, 1.82) is 0 Å². The maximum absolute atomic E-state index is 14.7. The average Bonchev–Trinajstić information content (AvgIpc) is 3.63. The molecule has 2 saturated carbocycles. The number of amides is 2. The molecule has 0 unspecified atom stereocenters. The maximum atomic E-state index is 14.7. The fraction of sp³-hybridized carbons (Fsp3) is 0.579. The number of carbonyl (C=O) groups excluding carboxylic acids is 2. The van der Waals surface area contributed by atoms with Gasteiger partial charge in [-0.05, 0) is 79.5 Å². The Balaban J connectivity index is 0.00000451. The van der Waals surface area contributed by atoms with Gasteiger partial charge in [-0.25, -0.2) is 4.98 Å². The maximum Gasteiger partial charge on any atom is 0.242 e. The number of likely N-dealkylation sites (N-methyl/N-ethyl adjacent to an activating group) is 1. The molecular formula is C38H52Cl2N6O2. The number of hydrogen-bond acceptors (Lipinski definition) is 5. The third-order valence-corrected chi connectivity index (χ3v) is 11.6. The van der Waals surface area contributed by atoms with E-state index >= 15 is 0 Å². The van der Waals surface area contributed by atoms with Crippen LogP contribution in [-0.4, -0.2) is 68.1 Å². The second-order valence-electron chi connectivity index (χ2n) is 14.4. The highest BCUT2D eigenvalue weighted by Gasteiger charge is 2.47. The Labute approximate surface area is 297 Å². The van der Waals surface area contributed by atoms with Gasteiger partial charge in [-0.1, -0.05) is 92.6 Å². The number of piperidine rings is 1. The van der Waals surface area contributed by atoms with E-state index in [0.29, 0.717) is 23.9 Å². The number of carbonyl (C=O) groups is 2. The van der Waals surface area contributed by atoms with E-state index in [2.05, 4.69) is 32.4 Å². The first-order valence-electron chi connectivity index (χ1n) is 17.8. The molecule has 0 bridgehead atoms. The molecule has 8 nitrogen and oxygen atoms in total. The molecular weight excluding hydrogens is 643 g/mol. The van der Waals surface area contributed by atoms with Gasteiger partial charge in [-0.15, -0.1) is 12.4 Å². The molecule has 2 aromatic carbocycles. The normalized spacial score (nSPS) is 20.0. The number of rotatable bonds is 11. The molecule has 3 fully saturated rings. The van der Waals surface area contributed by atoms with E-state index in [1.165, 1.54) is 32.1 Å². The SMILES string of the molecule is CN(Cc1ccccc1)C(=O)C1(N[C@H](Cc2ccc(Cl)cc2)C(=O)N2CCC(Cn3cncn3)(C3CCCCC3)CC2)CCCCC1.Cl. The van der Waals surface area contributed by atoms with Crippen LogP contribution in [0.1, 0.15) is 88.2 Å². The van der Waals surface area contributed by atoms with Crippen molar-refractivity contribution in [2.45, 2.75) is 108 Å². The van der Waals surface area contributed by atoms with Gasteiger partial charge in [0.25, 0.3) is 0 Å². The Morgan fingerprint density at radius 3 is 2.23 bits per heavy atom. The molecule has 260 valence electrons. The number of hydrogen-bond donors (Lipinski definition) is 1. The molecule has 1 atom stereocenters. The lowest BCUT2D eigenvalue weighted by atomic mass is 9.63. The predicted molar refractivity (Wildman–Crippen MR) is 193 cm³/mol. The summed E-state index contributed by atoms with van der Waals surface area (Å²) in [6.45, 7) is 2.84. The van der Waals surface area contributed by atoms with E-state index in [1.807, 2.05) is 65.4 Å². The minimum absolute atomic E-state index is 0. The number of nitrogens with one attached hydrogen (secondary N) is 1. The van der Waals surface area contributed by atoms with Gasteiger partial charge >= 0.3 is 0 Å². The fourth-order valence-electron chi connectivity index (χ4n) is 8.70. The highest BCUT2D eigenvalue weighted by Crippen LogP contribution is 2.47. The summed E-state index contributed by atoms with van der Waals surface area (Å²) in [6.07, 6.45) is 16.8. The molecule has 10 heteroatoms. The molecule has 0 radical (unpaired) electrons. The van der Waals surface area contributed by atoms with Crippen LogP contribution in [0.5, 0.6) is 0 Å². The molecule has 1 N–H and O–H groups in total. The zero-order chi connectivity index (χ0) is 32.7. The van der Waals surface area contributed by atoms with E-state index in [4.69, 9.17) is 11.6 Å². The van der Waals surface area contributed by atoms with Crippen molar-refractivity contribution < 1.29 is 9.59 Å². The summed E-state index contributed by atoms with van der Waals surface area (Å²) >= 11 is 6.24. The molecule has 3 aromatic rings. The highest BCUT2D eigenvalue weighted by atomic mass is 35.5. The van der Waals surface area contributed by atoms with Gasteiger partial charge in [-0.3, -0.25) is 19.6 Å². The van der Waals surface area contributed by atoms with Crippen molar-refractivity contribution in [2.24, 2.45) is 11.3 Å². The Morgan fingerprint density at radius 1 is 0.917 bits per heavy atom. The van der Waals surface area contributed by atoms with Gasteiger partial charge in [0.05, 0.1) is 11.6 Å². The van der Waals surface area contributed by atoms with E-state index in [0.717, 1.165) is 75.7 Å². The molecule has 2 heterocycles. The monoisotopic (exact) mass is 694 g/mol. The average molecular weight is 696 g/mol. The zero-order valence-corrected chi connectivity index (χ0v) is 29.9. The van der Waals surface area contributed by atoms with Crippen LogP contribution in [-0.2, 0) is 29.1 Å². The third-order valence-electron chi connectivity index (χ3n) is 11.3. The molecule has 2 amide bonds. The molecule has 6 rings (SSSR count). The van der Waals surface area contributed by atoms with Crippen molar-refractivity contribution in [3.8, 4) is 0 Å². The highest BCUT2D eigenvalue weighted by molar-refractivity contribution is 6.30.